The molecule has 1 aromatic rings. The number of hydrogen-bond donors (Lipinski definition) is 1. The van der Waals surface area contributed by atoms with Crippen LogP contribution in [0.1, 0.15) is 19.4 Å². The van der Waals surface area contributed by atoms with Crippen LogP contribution in [0, 0.1) is 5.92 Å². The van der Waals surface area contributed by atoms with Crippen LogP contribution in [0.3, 0.4) is 0 Å². The van der Waals surface area contributed by atoms with Crippen LogP contribution >= 0.6 is 0 Å². The van der Waals surface area contributed by atoms with E-state index in [1.807, 2.05) is 26.0 Å². The summed E-state index contributed by atoms with van der Waals surface area (Å²) in [5.41, 5.74) is 7.01. The van der Waals surface area contributed by atoms with Gasteiger partial charge in [-0.3, -0.25) is 9.78 Å². The minimum atomic E-state index is -0.405. The Hall–Kier alpha value is -1.42. The predicted octanol–water partition coefficient (Wildman–Crippen LogP) is 1.07. The molecule has 4 nitrogen and oxygen atoms in total. The van der Waals surface area contributed by atoms with E-state index in [1.165, 1.54) is 5.56 Å². The molecule has 1 heterocycles. The minimum absolute atomic E-state index is 0.00839. The molecule has 0 saturated carbocycles. The monoisotopic (exact) mass is 235 g/mol. The lowest BCUT2D eigenvalue weighted by Gasteiger charge is -2.23. The molecule has 0 spiro atoms. The van der Waals surface area contributed by atoms with E-state index in [2.05, 4.69) is 4.98 Å². The quantitative estimate of drug-likeness (QED) is 0.830. The number of amides is 1. The SMILES string of the molecule is CC(C)C(N)C(=O)N(C)CCc1ccncc1. The van der Waals surface area contributed by atoms with Crippen molar-refractivity contribution in [3.8, 4) is 0 Å². The lowest BCUT2D eigenvalue weighted by molar-refractivity contribution is -0.132. The zero-order valence-corrected chi connectivity index (χ0v) is 10.8. The fraction of sp³-hybridized carbons (Fsp3) is 0.538. The van der Waals surface area contributed by atoms with Gasteiger partial charge in [0, 0.05) is 26.0 Å². The Balaban J connectivity index is 2.45. The molecule has 1 rings (SSSR count). The van der Waals surface area contributed by atoms with E-state index in [0.29, 0.717) is 6.54 Å². The standard InChI is InChI=1S/C13H21N3O/c1-10(2)12(14)13(17)16(3)9-6-11-4-7-15-8-5-11/h4-5,7-8,10,12H,6,9,14H2,1-3H3. The summed E-state index contributed by atoms with van der Waals surface area (Å²) in [5, 5.41) is 0. The molecular weight excluding hydrogens is 214 g/mol. The molecule has 1 atom stereocenters. The third kappa shape index (κ3) is 4.15. The van der Waals surface area contributed by atoms with Crippen LogP contribution in [0.2, 0.25) is 0 Å². The molecule has 0 saturated heterocycles. The van der Waals surface area contributed by atoms with Gasteiger partial charge in [0.05, 0.1) is 6.04 Å². The number of nitrogens with two attached hydrogens (primary N) is 1. The van der Waals surface area contributed by atoms with Crippen molar-refractivity contribution in [2.24, 2.45) is 11.7 Å². The summed E-state index contributed by atoms with van der Waals surface area (Å²) in [6, 6.07) is 3.51. The number of likely N-dealkylation sites (N-methyl/N-ethyl adjacent to an activating group) is 1. The molecule has 17 heavy (non-hydrogen) atoms. The lowest BCUT2D eigenvalue weighted by atomic mass is 10.0. The van der Waals surface area contributed by atoms with E-state index in [-0.39, 0.29) is 11.8 Å². The number of aromatic nitrogens is 1. The summed E-state index contributed by atoms with van der Waals surface area (Å²) < 4.78 is 0. The lowest BCUT2D eigenvalue weighted by Crippen LogP contribution is -2.45. The molecule has 1 aromatic heterocycles. The number of rotatable bonds is 5. The van der Waals surface area contributed by atoms with Crippen LogP contribution in [0.4, 0.5) is 0 Å². The Morgan fingerprint density at radius 3 is 2.53 bits per heavy atom. The molecule has 1 amide bonds. The molecule has 0 aliphatic rings. The molecule has 0 aromatic carbocycles. The smallest absolute Gasteiger partial charge is 0.239 e. The van der Waals surface area contributed by atoms with Crippen molar-refractivity contribution in [1.29, 1.82) is 0 Å². The van der Waals surface area contributed by atoms with Gasteiger partial charge >= 0.3 is 0 Å². The second-order valence-electron chi connectivity index (χ2n) is 4.64. The highest BCUT2D eigenvalue weighted by molar-refractivity contribution is 5.81. The van der Waals surface area contributed by atoms with Crippen LogP contribution in [-0.4, -0.2) is 35.4 Å². The molecule has 0 aliphatic carbocycles. The number of pyridine rings is 1. The summed E-state index contributed by atoms with van der Waals surface area (Å²) >= 11 is 0. The van der Waals surface area contributed by atoms with Crippen molar-refractivity contribution in [2.45, 2.75) is 26.3 Å². The summed E-state index contributed by atoms with van der Waals surface area (Å²) in [7, 11) is 1.80. The van der Waals surface area contributed by atoms with Gasteiger partial charge in [-0.25, -0.2) is 0 Å². The zero-order chi connectivity index (χ0) is 12.8. The average molecular weight is 235 g/mol. The van der Waals surface area contributed by atoms with Crippen molar-refractivity contribution in [3.05, 3.63) is 30.1 Å². The Bertz CT molecular complexity index is 351. The number of carbonyl (C=O) groups excluding carboxylic acids is 1. The number of hydrogen-bond acceptors (Lipinski definition) is 3. The Morgan fingerprint density at radius 2 is 2.00 bits per heavy atom. The van der Waals surface area contributed by atoms with Crippen molar-refractivity contribution in [3.63, 3.8) is 0 Å². The summed E-state index contributed by atoms with van der Waals surface area (Å²) in [6.07, 6.45) is 4.35. The van der Waals surface area contributed by atoms with Gasteiger partial charge in [-0.2, -0.15) is 0 Å². The van der Waals surface area contributed by atoms with E-state index in [1.54, 1.807) is 24.3 Å². The highest BCUT2D eigenvalue weighted by atomic mass is 16.2. The van der Waals surface area contributed by atoms with Gasteiger partial charge in [-0.05, 0) is 30.0 Å². The van der Waals surface area contributed by atoms with E-state index in [9.17, 15) is 4.79 Å². The summed E-state index contributed by atoms with van der Waals surface area (Å²) in [4.78, 5) is 17.6. The molecule has 0 fully saturated rings. The first-order valence-corrected chi connectivity index (χ1v) is 5.92. The maximum Gasteiger partial charge on any atom is 0.239 e. The third-order valence-electron chi connectivity index (χ3n) is 2.86. The van der Waals surface area contributed by atoms with Crippen molar-refractivity contribution < 1.29 is 4.79 Å². The Kier molecular flexibility index (Phi) is 5.10. The van der Waals surface area contributed by atoms with Gasteiger partial charge in [0.2, 0.25) is 5.91 Å². The van der Waals surface area contributed by atoms with Gasteiger partial charge in [0.25, 0.3) is 0 Å². The second-order valence-corrected chi connectivity index (χ2v) is 4.64. The molecule has 4 heteroatoms. The fourth-order valence-corrected chi connectivity index (χ4v) is 1.50. The Labute approximate surface area is 103 Å². The van der Waals surface area contributed by atoms with Crippen LogP contribution < -0.4 is 5.73 Å². The first kappa shape index (κ1) is 13.6. The van der Waals surface area contributed by atoms with Crippen LogP contribution in [0.5, 0.6) is 0 Å². The molecule has 2 N–H and O–H groups in total. The van der Waals surface area contributed by atoms with E-state index in [0.717, 1.165) is 6.42 Å². The molecule has 0 aliphatic heterocycles. The van der Waals surface area contributed by atoms with Crippen molar-refractivity contribution in [2.75, 3.05) is 13.6 Å². The molecule has 94 valence electrons. The zero-order valence-electron chi connectivity index (χ0n) is 10.8. The van der Waals surface area contributed by atoms with Crippen LogP contribution in [0.15, 0.2) is 24.5 Å². The highest BCUT2D eigenvalue weighted by Crippen LogP contribution is 2.04. The highest BCUT2D eigenvalue weighted by Gasteiger charge is 2.20. The van der Waals surface area contributed by atoms with Gasteiger partial charge in [-0.15, -0.1) is 0 Å². The maximum absolute atomic E-state index is 11.9. The maximum atomic E-state index is 11.9. The predicted molar refractivity (Wildman–Crippen MR) is 68.4 cm³/mol. The van der Waals surface area contributed by atoms with E-state index < -0.39 is 6.04 Å². The number of carbonyl (C=O) groups is 1. The van der Waals surface area contributed by atoms with Crippen LogP contribution in [-0.2, 0) is 11.2 Å². The Morgan fingerprint density at radius 1 is 1.41 bits per heavy atom. The molecular formula is C13H21N3O. The number of nitrogens with zero attached hydrogens (tertiary/aromatic N) is 2. The molecule has 0 bridgehead atoms. The van der Waals surface area contributed by atoms with E-state index in [4.69, 9.17) is 5.73 Å². The second kappa shape index (κ2) is 6.35. The fourth-order valence-electron chi connectivity index (χ4n) is 1.50. The average Bonchev–Trinajstić information content (AvgIpc) is 2.35. The van der Waals surface area contributed by atoms with Gasteiger partial charge < -0.3 is 10.6 Å². The minimum Gasteiger partial charge on any atom is -0.344 e. The van der Waals surface area contributed by atoms with E-state index >= 15 is 0 Å². The normalized spacial score (nSPS) is 12.5. The van der Waals surface area contributed by atoms with Crippen LogP contribution in [0.25, 0.3) is 0 Å². The van der Waals surface area contributed by atoms with Crippen molar-refractivity contribution in [1.82, 2.24) is 9.88 Å². The van der Waals surface area contributed by atoms with Gasteiger partial charge in [0.15, 0.2) is 0 Å². The van der Waals surface area contributed by atoms with Gasteiger partial charge in [-0.1, -0.05) is 13.8 Å². The topological polar surface area (TPSA) is 59.2 Å². The first-order chi connectivity index (χ1) is 8.02. The molecule has 1 unspecified atom stereocenters. The van der Waals surface area contributed by atoms with Gasteiger partial charge in [0.1, 0.15) is 0 Å². The largest absolute Gasteiger partial charge is 0.344 e. The third-order valence-corrected chi connectivity index (χ3v) is 2.86. The van der Waals surface area contributed by atoms with Crippen molar-refractivity contribution >= 4 is 5.91 Å². The first-order valence-electron chi connectivity index (χ1n) is 5.92. The summed E-state index contributed by atoms with van der Waals surface area (Å²) in [5.74, 6) is 0.180. The summed E-state index contributed by atoms with van der Waals surface area (Å²) in [6.45, 7) is 4.60. The molecule has 0 radical (unpaired) electrons.